The molecule has 19 heavy (non-hydrogen) atoms. The van der Waals surface area contributed by atoms with Crippen molar-refractivity contribution < 1.29 is 14.7 Å². The molecule has 0 aliphatic carbocycles. The molecule has 1 amide bonds. The van der Waals surface area contributed by atoms with Crippen LogP contribution in [-0.2, 0) is 11.2 Å². The van der Waals surface area contributed by atoms with Crippen molar-refractivity contribution in [3.05, 3.63) is 35.4 Å². The molecule has 0 saturated heterocycles. The second-order valence-corrected chi connectivity index (χ2v) is 4.50. The van der Waals surface area contributed by atoms with Crippen molar-refractivity contribution in [3.8, 4) is 0 Å². The summed E-state index contributed by atoms with van der Waals surface area (Å²) < 4.78 is 0. The minimum atomic E-state index is -0.857. The fraction of sp³-hybridized carbons (Fsp3) is 0.429. The van der Waals surface area contributed by atoms with Crippen molar-refractivity contribution in [2.24, 2.45) is 5.73 Å². The van der Waals surface area contributed by atoms with Crippen LogP contribution in [0.3, 0.4) is 0 Å². The van der Waals surface area contributed by atoms with Gasteiger partial charge in [-0.25, -0.2) is 0 Å². The lowest BCUT2D eigenvalue weighted by molar-refractivity contribution is -0.137. The summed E-state index contributed by atoms with van der Waals surface area (Å²) in [7, 11) is 0. The van der Waals surface area contributed by atoms with E-state index in [0.717, 1.165) is 5.56 Å². The molecule has 0 aliphatic heterocycles. The summed E-state index contributed by atoms with van der Waals surface area (Å²) in [6, 6.07) is 7.13. The smallest absolute Gasteiger partial charge is 0.303 e. The predicted octanol–water partition coefficient (Wildman–Crippen LogP) is 1.17. The molecule has 1 rings (SSSR count). The predicted molar refractivity (Wildman–Crippen MR) is 73.0 cm³/mol. The standard InChI is InChI=1S/C14H20N2O3/c1-10(6-7-13(17)18)16-14(19)12-5-3-2-4-11(12)8-9-15/h2-5,10H,6-9,15H2,1H3,(H,16,19)(H,17,18). The summed E-state index contributed by atoms with van der Waals surface area (Å²) in [4.78, 5) is 22.6. The van der Waals surface area contributed by atoms with Crippen LogP contribution < -0.4 is 11.1 Å². The van der Waals surface area contributed by atoms with Gasteiger partial charge < -0.3 is 16.2 Å². The number of carbonyl (C=O) groups is 2. The van der Waals surface area contributed by atoms with Gasteiger partial charge in [0.2, 0.25) is 0 Å². The Hall–Kier alpha value is -1.88. The first-order valence-electron chi connectivity index (χ1n) is 6.35. The van der Waals surface area contributed by atoms with Gasteiger partial charge in [-0.1, -0.05) is 18.2 Å². The second-order valence-electron chi connectivity index (χ2n) is 4.50. The summed E-state index contributed by atoms with van der Waals surface area (Å²) in [5.74, 6) is -1.04. The Labute approximate surface area is 112 Å². The molecule has 0 heterocycles. The Morgan fingerprint density at radius 1 is 1.37 bits per heavy atom. The van der Waals surface area contributed by atoms with Crippen molar-refractivity contribution in [2.45, 2.75) is 32.2 Å². The maximum atomic E-state index is 12.1. The van der Waals surface area contributed by atoms with Gasteiger partial charge in [-0.05, 0) is 37.9 Å². The van der Waals surface area contributed by atoms with Crippen LogP contribution in [0.25, 0.3) is 0 Å². The lowest BCUT2D eigenvalue weighted by Gasteiger charge is -2.14. The maximum absolute atomic E-state index is 12.1. The van der Waals surface area contributed by atoms with E-state index in [-0.39, 0.29) is 18.4 Å². The van der Waals surface area contributed by atoms with Gasteiger partial charge in [0, 0.05) is 18.0 Å². The van der Waals surface area contributed by atoms with Gasteiger partial charge in [-0.15, -0.1) is 0 Å². The fourth-order valence-corrected chi connectivity index (χ4v) is 1.83. The summed E-state index contributed by atoms with van der Waals surface area (Å²) in [6.07, 6.45) is 1.11. The van der Waals surface area contributed by atoms with Gasteiger partial charge in [0.1, 0.15) is 0 Å². The van der Waals surface area contributed by atoms with E-state index in [9.17, 15) is 9.59 Å². The molecule has 1 atom stereocenters. The second kappa shape index (κ2) is 7.53. The first kappa shape index (κ1) is 15.2. The van der Waals surface area contributed by atoms with Crippen molar-refractivity contribution in [2.75, 3.05) is 6.54 Å². The monoisotopic (exact) mass is 264 g/mol. The quantitative estimate of drug-likeness (QED) is 0.689. The van der Waals surface area contributed by atoms with Crippen molar-refractivity contribution >= 4 is 11.9 Å². The average Bonchev–Trinajstić information content (AvgIpc) is 2.37. The number of rotatable bonds is 7. The van der Waals surface area contributed by atoms with Crippen molar-refractivity contribution in [3.63, 3.8) is 0 Å². The minimum Gasteiger partial charge on any atom is -0.481 e. The lowest BCUT2D eigenvalue weighted by atomic mass is 10.0. The minimum absolute atomic E-state index is 0.0475. The summed E-state index contributed by atoms with van der Waals surface area (Å²) in [5, 5.41) is 11.4. The van der Waals surface area contributed by atoms with E-state index in [1.807, 2.05) is 12.1 Å². The van der Waals surface area contributed by atoms with Crippen molar-refractivity contribution in [1.29, 1.82) is 0 Å². The summed E-state index contributed by atoms with van der Waals surface area (Å²) in [5.41, 5.74) is 7.03. The Bertz CT molecular complexity index is 446. The Morgan fingerprint density at radius 2 is 2.05 bits per heavy atom. The number of hydrogen-bond donors (Lipinski definition) is 3. The maximum Gasteiger partial charge on any atom is 0.303 e. The van der Waals surface area contributed by atoms with Crippen LogP contribution in [0, 0.1) is 0 Å². The van der Waals surface area contributed by atoms with E-state index in [1.54, 1.807) is 19.1 Å². The van der Waals surface area contributed by atoms with Crippen LogP contribution in [0.5, 0.6) is 0 Å². The molecule has 0 fully saturated rings. The summed E-state index contributed by atoms with van der Waals surface area (Å²) >= 11 is 0. The molecule has 0 spiro atoms. The number of nitrogens with two attached hydrogens (primary N) is 1. The first-order valence-corrected chi connectivity index (χ1v) is 6.35. The van der Waals surface area contributed by atoms with Crippen LogP contribution in [0.15, 0.2) is 24.3 Å². The molecule has 1 aromatic carbocycles. The first-order chi connectivity index (χ1) is 9.04. The molecule has 104 valence electrons. The third-order valence-corrected chi connectivity index (χ3v) is 2.84. The topological polar surface area (TPSA) is 92.4 Å². The van der Waals surface area contributed by atoms with Gasteiger partial charge in [0.05, 0.1) is 0 Å². The molecule has 1 unspecified atom stereocenters. The van der Waals surface area contributed by atoms with Crippen LogP contribution in [0.4, 0.5) is 0 Å². The molecule has 4 N–H and O–H groups in total. The number of amides is 1. The third kappa shape index (κ3) is 5.09. The number of aliphatic carboxylic acids is 1. The third-order valence-electron chi connectivity index (χ3n) is 2.84. The number of hydrogen-bond acceptors (Lipinski definition) is 3. The molecule has 5 nitrogen and oxygen atoms in total. The van der Waals surface area contributed by atoms with Crippen LogP contribution in [-0.4, -0.2) is 29.6 Å². The highest BCUT2D eigenvalue weighted by Crippen LogP contribution is 2.10. The molecule has 0 bridgehead atoms. The van der Waals surface area contributed by atoms with E-state index < -0.39 is 5.97 Å². The number of nitrogens with one attached hydrogen (secondary N) is 1. The molecule has 5 heteroatoms. The van der Waals surface area contributed by atoms with Crippen molar-refractivity contribution in [1.82, 2.24) is 5.32 Å². The number of benzene rings is 1. The van der Waals surface area contributed by atoms with Gasteiger partial charge >= 0.3 is 5.97 Å². The number of carboxylic acid groups (broad SMARTS) is 1. The molecular weight excluding hydrogens is 244 g/mol. The highest BCUT2D eigenvalue weighted by atomic mass is 16.4. The fourth-order valence-electron chi connectivity index (χ4n) is 1.83. The van der Waals surface area contributed by atoms with E-state index in [0.29, 0.717) is 24.9 Å². The van der Waals surface area contributed by atoms with Gasteiger partial charge in [-0.2, -0.15) is 0 Å². The lowest BCUT2D eigenvalue weighted by Crippen LogP contribution is -2.33. The normalized spacial score (nSPS) is 11.9. The average molecular weight is 264 g/mol. The Balaban J connectivity index is 2.64. The molecule has 0 aromatic heterocycles. The zero-order valence-corrected chi connectivity index (χ0v) is 11.1. The molecule has 0 saturated carbocycles. The zero-order valence-electron chi connectivity index (χ0n) is 11.1. The zero-order chi connectivity index (χ0) is 14.3. The highest BCUT2D eigenvalue weighted by Gasteiger charge is 2.13. The summed E-state index contributed by atoms with van der Waals surface area (Å²) in [6.45, 7) is 2.28. The van der Waals surface area contributed by atoms with Crippen LogP contribution in [0.2, 0.25) is 0 Å². The van der Waals surface area contributed by atoms with E-state index in [4.69, 9.17) is 10.8 Å². The Kier molecular flexibility index (Phi) is 6.02. The number of carbonyl (C=O) groups excluding carboxylic acids is 1. The molecule has 1 aromatic rings. The SMILES string of the molecule is CC(CCC(=O)O)NC(=O)c1ccccc1CCN. The van der Waals surface area contributed by atoms with Gasteiger partial charge in [0.25, 0.3) is 5.91 Å². The number of carboxylic acids is 1. The van der Waals surface area contributed by atoms with Crippen LogP contribution >= 0.6 is 0 Å². The van der Waals surface area contributed by atoms with Gasteiger partial charge in [-0.3, -0.25) is 9.59 Å². The van der Waals surface area contributed by atoms with E-state index in [1.165, 1.54) is 0 Å². The molecule has 0 radical (unpaired) electrons. The van der Waals surface area contributed by atoms with E-state index in [2.05, 4.69) is 5.32 Å². The van der Waals surface area contributed by atoms with E-state index >= 15 is 0 Å². The van der Waals surface area contributed by atoms with Gasteiger partial charge in [0.15, 0.2) is 0 Å². The molecular formula is C14H20N2O3. The highest BCUT2D eigenvalue weighted by molar-refractivity contribution is 5.95. The van der Waals surface area contributed by atoms with Crippen LogP contribution in [0.1, 0.15) is 35.7 Å². The Morgan fingerprint density at radius 3 is 2.68 bits per heavy atom. The molecule has 0 aliphatic rings. The largest absolute Gasteiger partial charge is 0.481 e.